The summed E-state index contributed by atoms with van der Waals surface area (Å²) in [6, 6.07) is 18.2. The summed E-state index contributed by atoms with van der Waals surface area (Å²) in [5.74, 6) is -0.232. The number of hydrogen-bond donors (Lipinski definition) is 1. The summed E-state index contributed by atoms with van der Waals surface area (Å²) < 4.78 is 5.46. The molecule has 2 amide bonds. The Kier molecular flexibility index (Phi) is 8.05. The fourth-order valence-electron chi connectivity index (χ4n) is 3.56. The minimum Gasteiger partial charge on any atom is -0.444 e. The Morgan fingerprint density at radius 3 is 2.35 bits per heavy atom. The van der Waals surface area contributed by atoms with Crippen molar-refractivity contribution in [1.82, 2.24) is 10.3 Å². The average Bonchev–Trinajstić information content (AvgIpc) is 2.80. The summed E-state index contributed by atoms with van der Waals surface area (Å²) in [7, 11) is 0. The van der Waals surface area contributed by atoms with Crippen LogP contribution in [0, 0.1) is 13.8 Å². The summed E-state index contributed by atoms with van der Waals surface area (Å²) in [4.78, 5) is 32.6. The lowest BCUT2D eigenvalue weighted by molar-refractivity contribution is -0.120. The monoisotopic (exact) mass is 459 g/mol. The maximum atomic E-state index is 14.0. The Morgan fingerprint density at radius 2 is 1.74 bits per heavy atom. The van der Waals surface area contributed by atoms with Gasteiger partial charge in [-0.15, -0.1) is 0 Å². The molecule has 1 atom stereocenters. The van der Waals surface area contributed by atoms with Crippen molar-refractivity contribution in [3.8, 4) is 0 Å². The topological polar surface area (TPSA) is 71.5 Å². The highest BCUT2D eigenvalue weighted by atomic mass is 16.6. The standard InChI is InChI=1S/C28H33N3O3/c1-20-13-14-24(18-21(20)2)31(17-15-22-10-9-16-29-19-22)26(32)25(23-11-7-6-8-12-23)30-27(33)34-28(3,4)5/h6-14,16,18-19,25H,15,17H2,1-5H3,(H,30,33)/t25-/m0/s1. The van der Waals surface area contributed by atoms with Gasteiger partial charge in [0.1, 0.15) is 11.6 Å². The second-order valence-electron chi connectivity index (χ2n) is 9.36. The number of anilines is 1. The van der Waals surface area contributed by atoms with Crippen LogP contribution < -0.4 is 10.2 Å². The summed E-state index contributed by atoms with van der Waals surface area (Å²) >= 11 is 0. The Hall–Kier alpha value is -3.67. The van der Waals surface area contributed by atoms with Crippen LogP contribution in [0.3, 0.4) is 0 Å². The zero-order chi connectivity index (χ0) is 24.7. The van der Waals surface area contributed by atoms with Crippen LogP contribution in [-0.2, 0) is 16.0 Å². The van der Waals surface area contributed by atoms with E-state index >= 15 is 0 Å². The third-order valence-corrected chi connectivity index (χ3v) is 5.46. The van der Waals surface area contributed by atoms with Crippen molar-refractivity contribution in [3.63, 3.8) is 0 Å². The Morgan fingerprint density at radius 1 is 1.00 bits per heavy atom. The highest BCUT2D eigenvalue weighted by molar-refractivity contribution is 5.99. The molecule has 0 saturated carbocycles. The van der Waals surface area contributed by atoms with Crippen LogP contribution in [0.1, 0.15) is 49.1 Å². The van der Waals surface area contributed by atoms with Gasteiger partial charge in [0.05, 0.1) is 0 Å². The number of aromatic nitrogens is 1. The van der Waals surface area contributed by atoms with E-state index in [1.165, 1.54) is 0 Å². The van der Waals surface area contributed by atoms with Gasteiger partial charge < -0.3 is 15.0 Å². The second-order valence-corrected chi connectivity index (χ2v) is 9.36. The zero-order valence-corrected chi connectivity index (χ0v) is 20.5. The van der Waals surface area contributed by atoms with Crippen LogP contribution in [-0.4, -0.2) is 29.1 Å². The van der Waals surface area contributed by atoms with Crippen molar-refractivity contribution in [3.05, 3.63) is 95.3 Å². The Labute approximate surface area is 202 Å². The normalized spacial score (nSPS) is 12.0. The van der Waals surface area contributed by atoms with E-state index in [0.29, 0.717) is 18.5 Å². The van der Waals surface area contributed by atoms with Crippen molar-refractivity contribution >= 4 is 17.7 Å². The number of nitrogens with one attached hydrogen (secondary N) is 1. The molecule has 1 aromatic heterocycles. The zero-order valence-electron chi connectivity index (χ0n) is 20.5. The number of carbonyl (C=O) groups is 2. The molecule has 0 fully saturated rings. The molecule has 0 aliphatic heterocycles. The molecule has 0 aliphatic carbocycles. The molecule has 0 unspecified atom stereocenters. The first-order valence-corrected chi connectivity index (χ1v) is 11.5. The molecule has 0 radical (unpaired) electrons. The van der Waals surface area contributed by atoms with Crippen LogP contribution in [0.25, 0.3) is 0 Å². The first-order chi connectivity index (χ1) is 16.1. The molecule has 2 aromatic carbocycles. The highest BCUT2D eigenvalue weighted by Gasteiger charge is 2.30. The van der Waals surface area contributed by atoms with E-state index in [2.05, 4.69) is 10.3 Å². The summed E-state index contributed by atoms with van der Waals surface area (Å²) in [6.45, 7) is 9.88. The van der Waals surface area contributed by atoms with Crippen molar-refractivity contribution in [2.24, 2.45) is 0 Å². The van der Waals surface area contributed by atoms with Gasteiger partial charge in [0.25, 0.3) is 5.91 Å². The van der Waals surface area contributed by atoms with Crippen LogP contribution in [0.5, 0.6) is 0 Å². The minimum atomic E-state index is -0.897. The predicted molar refractivity (Wildman–Crippen MR) is 135 cm³/mol. The van der Waals surface area contributed by atoms with E-state index in [0.717, 1.165) is 22.4 Å². The quantitative estimate of drug-likeness (QED) is 0.504. The molecule has 1 heterocycles. The molecular formula is C28H33N3O3. The van der Waals surface area contributed by atoms with Gasteiger partial charge in [-0.3, -0.25) is 9.78 Å². The van der Waals surface area contributed by atoms with E-state index in [9.17, 15) is 9.59 Å². The summed E-state index contributed by atoms with van der Waals surface area (Å²) in [5, 5.41) is 2.80. The largest absolute Gasteiger partial charge is 0.444 e. The molecule has 34 heavy (non-hydrogen) atoms. The Balaban J connectivity index is 1.96. The molecule has 3 rings (SSSR count). The maximum absolute atomic E-state index is 14.0. The third-order valence-electron chi connectivity index (χ3n) is 5.46. The van der Waals surface area contributed by atoms with Crippen molar-refractivity contribution in [2.75, 3.05) is 11.4 Å². The molecule has 3 aromatic rings. The smallest absolute Gasteiger partial charge is 0.408 e. The van der Waals surface area contributed by atoms with Gasteiger partial charge in [0, 0.05) is 24.6 Å². The number of carbonyl (C=O) groups excluding carboxylic acids is 2. The van der Waals surface area contributed by atoms with Crippen LogP contribution >= 0.6 is 0 Å². The van der Waals surface area contributed by atoms with Gasteiger partial charge in [-0.1, -0.05) is 42.5 Å². The summed E-state index contributed by atoms with van der Waals surface area (Å²) in [5.41, 5.74) is 4.06. The highest BCUT2D eigenvalue weighted by Crippen LogP contribution is 2.25. The van der Waals surface area contributed by atoms with Crippen LogP contribution in [0.4, 0.5) is 10.5 Å². The summed E-state index contributed by atoms with van der Waals surface area (Å²) in [6.07, 6.45) is 3.52. The van der Waals surface area contributed by atoms with Gasteiger partial charge in [-0.2, -0.15) is 0 Å². The van der Waals surface area contributed by atoms with Crippen LogP contribution in [0.2, 0.25) is 0 Å². The molecule has 0 spiro atoms. The van der Waals surface area contributed by atoms with E-state index in [1.54, 1.807) is 38.1 Å². The Bertz CT molecular complexity index is 1110. The number of ether oxygens (including phenoxy) is 1. The number of amides is 2. The van der Waals surface area contributed by atoms with Crippen molar-refractivity contribution in [2.45, 2.75) is 52.7 Å². The third kappa shape index (κ3) is 6.91. The number of pyridine rings is 1. The molecule has 6 nitrogen and oxygen atoms in total. The predicted octanol–water partition coefficient (Wildman–Crippen LogP) is 5.54. The van der Waals surface area contributed by atoms with Gasteiger partial charge in [0.2, 0.25) is 0 Å². The first kappa shape index (κ1) is 25.0. The SMILES string of the molecule is Cc1ccc(N(CCc2cccnc2)C(=O)[C@@H](NC(=O)OC(C)(C)C)c2ccccc2)cc1C. The lowest BCUT2D eigenvalue weighted by Gasteiger charge is -2.29. The van der Waals surface area contributed by atoms with Gasteiger partial charge in [-0.25, -0.2) is 4.79 Å². The number of rotatable bonds is 7. The van der Waals surface area contributed by atoms with E-state index in [1.807, 2.05) is 74.5 Å². The number of alkyl carbamates (subject to hydrolysis) is 1. The first-order valence-electron chi connectivity index (χ1n) is 11.5. The van der Waals surface area contributed by atoms with Crippen molar-refractivity contribution < 1.29 is 14.3 Å². The van der Waals surface area contributed by atoms with Gasteiger partial charge >= 0.3 is 6.09 Å². The lowest BCUT2D eigenvalue weighted by atomic mass is 10.0. The number of nitrogens with zero attached hydrogens (tertiary/aromatic N) is 2. The molecular weight excluding hydrogens is 426 g/mol. The molecule has 6 heteroatoms. The van der Waals surface area contributed by atoms with Gasteiger partial charge in [-0.05, 0) is 81.5 Å². The molecule has 0 bridgehead atoms. The molecule has 0 saturated heterocycles. The van der Waals surface area contributed by atoms with Crippen LogP contribution in [0.15, 0.2) is 73.1 Å². The number of hydrogen-bond acceptors (Lipinski definition) is 4. The van der Waals surface area contributed by atoms with E-state index < -0.39 is 17.7 Å². The maximum Gasteiger partial charge on any atom is 0.408 e. The van der Waals surface area contributed by atoms with E-state index in [4.69, 9.17) is 4.74 Å². The molecule has 178 valence electrons. The van der Waals surface area contributed by atoms with E-state index in [-0.39, 0.29) is 5.91 Å². The minimum absolute atomic E-state index is 0.232. The molecule has 0 aliphatic rings. The average molecular weight is 460 g/mol. The van der Waals surface area contributed by atoms with Gasteiger partial charge in [0.15, 0.2) is 0 Å². The fraction of sp³-hybridized carbons (Fsp3) is 0.321. The fourth-order valence-corrected chi connectivity index (χ4v) is 3.56. The lowest BCUT2D eigenvalue weighted by Crippen LogP contribution is -2.45. The van der Waals surface area contributed by atoms with Crippen molar-refractivity contribution in [1.29, 1.82) is 0 Å². The number of aryl methyl sites for hydroxylation is 2. The number of benzene rings is 2. The molecule has 1 N–H and O–H groups in total. The second kappa shape index (κ2) is 11.0.